The van der Waals surface area contributed by atoms with Crippen molar-refractivity contribution in [3.63, 3.8) is 0 Å². The number of nitrogens with one attached hydrogen (secondary N) is 1. The van der Waals surface area contributed by atoms with Crippen LogP contribution >= 0.6 is 11.6 Å². The Balaban J connectivity index is 1.47. The topological polar surface area (TPSA) is 137 Å². The maximum absolute atomic E-state index is 15.0. The Hall–Kier alpha value is -3.83. The van der Waals surface area contributed by atoms with E-state index < -0.39 is 11.4 Å². The highest BCUT2D eigenvalue weighted by atomic mass is 35.5. The molecule has 4 heterocycles. The fraction of sp³-hybridized carbons (Fsp3) is 0.320. The van der Waals surface area contributed by atoms with Crippen molar-refractivity contribution in [3.05, 3.63) is 59.5 Å². The average molecular weight is 527 g/mol. The highest BCUT2D eigenvalue weighted by Crippen LogP contribution is 2.32. The second-order valence-electron chi connectivity index (χ2n) is 9.14. The smallest absolute Gasteiger partial charge is 0.222 e. The maximum Gasteiger partial charge on any atom is 0.222 e. The molecular weight excluding hydrogens is 499 g/mol. The van der Waals surface area contributed by atoms with Gasteiger partial charge in [0.1, 0.15) is 28.0 Å². The highest BCUT2D eigenvalue weighted by Gasteiger charge is 2.21. The predicted molar refractivity (Wildman–Crippen MR) is 140 cm³/mol. The van der Waals surface area contributed by atoms with E-state index in [1.54, 1.807) is 50.1 Å². The molecule has 0 radical (unpaired) electrons. The normalized spacial score (nSPS) is 12.4. The van der Waals surface area contributed by atoms with Gasteiger partial charge in [-0.15, -0.1) is 0 Å². The molecule has 12 heteroatoms. The molecule has 0 aliphatic rings. The highest BCUT2D eigenvalue weighted by molar-refractivity contribution is 6.29. The van der Waals surface area contributed by atoms with Gasteiger partial charge in [-0.3, -0.25) is 4.98 Å². The number of ether oxygens (including phenoxy) is 1. The summed E-state index contributed by atoms with van der Waals surface area (Å²) >= 11 is 6.14. The summed E-state index contributed by atoms with van der Waals surface area (Å²) in [7, 11) is 1.77. The summed E-state index contributed by atoms with van der Waals surface area (Å²) in [6.45, 7) is 5.46. The molecule has 0 spiro atoms. The van der Waals surface area contributed by atoms with Crippen molar-refractivity contribution in [1.29, 1.82) is 0 Å². The monoisotopic (exact) mass is 526 g/mol. The van der Waals surface area contributed by atoms with Gasteiger partial charge >= 0.3 is 0 Å². The van der Waals surface area contributed by atoms with Gasteiger partial charge in [-0.2, -0.15) is 5.10 Å². The van der Waals surface area contributed by atoms with Gasteiger partial charge in [-0.25, -0.2) is 24.0 Å². The molecule has 10 nitrogen and oxygen atoms in total. The van der Waals surface area contributed by atoms with Gasteiger partial charge in [0.15, 0.2) is 5.82 Å². The van der Waals surface area contributed by atoms with Crippen molar-refractivity contribution in [2.45, 2.75) is 38.8 Å². The number of halogens is 2. The summed E-state index contributed by atoms with van der Waals surface area (Å²) in [5, 5.41) is 18.0. The van der Waals surface area contributed by atoms with E-state index in [1.807, 2.05) is 6.92 Å². The molecule has 0 fully saturated rings. The number of nitrogens with zero attached hydrogens (tertiary/aromatic N) is 6. The second-order valence-corrected chi connectivity index (χ2v) is 9.53. The first-order chi connectivity index (χ1) is 17.5. The van der Waals surface area contributed by atoms with Crippen LogP contribution < -0.4 is 15.8 Å². The number of hydrogen-bond acceptors (Lipinski definition) is 9. The summed E-state index contributed by atoms with van der Waals surface area (Å²) in [4.78, 5) is 16.8. The van der Waals surface area contributed by atoms with Crippen LogP contribution in [0.1, 0.15) is 32.8 Å². The van der Waals surface area contributed by atoms with Gasteiger partial charge in [0.05, 0.1) is 18.4 Å². The van der Waals surface area contributed by atoms with Crippen LogP contribution in [0.25, 0.3) is 22.6 Å². The third-order valence-corrected chi connectivity index (χ3v) is 5.87. The van der Waals surface area contributed by atoms with E-state index in [1.165, 1.54) is 18.5 Å². The Kier molecular flexibility index (Phi) is 7.55. The Labute approximate surface area is 218 Å². The van der Waals surface area contributed by atoms with E-state index in [4.69, 9.17) is 22.1 Å². The third-order valence-electron chi connectivity index (χ3n) is 5.67. The van der Waals surface area contributed by atoms with E-state index >= 15 is 0 Å². The number of pyridine rings is 2. The van der Waals surface area contributed by atoms with Gasteiger partial charge < -0.3 is 20.9 Å². The Bertz CT molecular complexity index is 1410. The number of anilines is 2. The van der Waals surface area contributed by atoms with Crippen molar-refractivity contribution >= 4 is 23.1 Å². The fourth-order valence-corrected chi connectivity index (χ4v) is 3.79. The molecule has 1 atom stereocenters. The van der Waals surface area contributed by atoms with E-state index in [-0.39, 0.29) is 16.9 Å². The maximum atomic E-state index is 15.0. The number of nitrogens with two attached hydrogens (primary N) is 1. The SMILES string of the molecule is C[C@@H](CCOc1c(-c2nccc(N)n2)cnn1C)Nc1cc(Cl)ncc1-c1ncc(C(C)(C)O)cc1F. The Morgan fingerprint density at radius 1 is 1.19 bits per heavy atom. The molecule has 0 unspecified atom stereocenters. The molecule has 0 amide bonds. The molecule has 0 aromatic carbocycles. The lowest BCUT2D eigenvalue weighted by Crippen LogP contribution is -2.20. The van der Waals surface area contributed by atoms with Crippen molar-refractivity contribution in [3.8, 4) is 28.5 Å². The zero-order valence-corrected chi connectivity index (χ0v) is 21.7. The van der Waals surface area contributed by atoms with E-state index in [2.05, 4.69) is 30.4 Å². The van der Waals surface area contributed by atoms with Crippen LogP contribution in [0.5, 0.6) is 5.88 Å². The first kappa shape index (κ1) is 26.2. The number of aryl methyl sites for hydroxylation is 1. The van der Waals surface area contributed by atoms with Gasteiger partial charge in [0, 0.05) is 54.9 Å². The molecule has 37 heavy (non-hydrogen) atoms. The summed E-state index contributed by atoms with van der Waals surface area (Å²) in [6.07, 6.45) is 6.71. The molecule has 0 bridgehead atoms. The average Bonchev–Trinajstić information content (AvgIpc) is 3.19. The number of nitrogen functional groups attached to an aromatic ring is 1. The minimum absolute atomic E-state index is 0.0868. The molecule has 0 aliphatic heterocycles. The number of hydrogen-bond donors (Lipinski definition) is 3. The van der Waals surface area contributed by atoms with Gasteiger partial charge in [0.2, 0.25) is 5.88 Å². The first-order valence-electron chi connectivity index (χ1n) is 11.6. The quantitative estimate of drug-likeness (QED) is 0.274. The van der Waals surface area contributed by atoms with Crippen LogP contribution in [0.3, 0.4) is 0 Å². The molecule has 4 aromatic rings. The molecular formula is C25H28ClFN8O2. The molecule has 4 rings (SSSR count). The van der Waals surface area contributed by atoms with Crippen molar-refractivity contribution in [2.24, 2.45) is 7.05 Å². The van der Waals surface area contributed by atoms with Crippen LogP contribution in [-0.4, -0.2) is 47.5 Å². The second kappa shape index (κ2) is 10.7. The molecule has 0 aliphatic carbocycles. The van der Waals surface area contributed by atoms with Crippen LogP contribution in [-0.2, 0) is 12.6 Å². The zero-order valence-electron chi connectivity index (χ0n) is 20.9. The third kappa shape index (κ3) is 6.12. The van der Waals surface area contributed by atoms with Crippen molar-refractivity contribution < 1.29 is 14.2 Å². The summed E-state index contributed by atoms with van der Waals surface area (Å²) < 4.78 is 22.6. The van der Waals surface area contributed by atoms with Crippen LogP contribution in [0, 0.1) is 5.82 Å². The van der Waals surface area contributed by atoms with Crippen LogP contribution in [0.2, 0.25) is 5.15 Å². The van der Waals surface area contributed by atoms with Crippen molar-refractivity contribution in [1.82, 2.24) is 29.7 Å². The van der Waals surface area contributed by atoms with Crippen LogP contribution in [0.15, 0.2) is 43.0 Å². The zero-order chi connectivity index (χ0) is 26.7. The van der Waals surface area contributed by atoms with Gasteiger partial charge in [0.25, 0.3) is 0 Å². The number of aromatic nitrogens is 6. The molecule has 0 saturated carbocycles. The van der Waals surface area contributed by atoms with E-state index in [0.29, 0.717) is 52.9 Å². The molecule has 194 valence electrons. The lowest BCUT2D eigenvalue weighted by atomic mass is 9.99. The minimum atomic E-state index is -1.22. The minimum Gasteiger partial charge on any atom is -0.477 e. The molecule has 4 N–H and O–H groups in total. The van der Waals surface area contributed by atoms with E-state index in [9.17, 15) is 9.50 Å². The predicted octanol–water partition coefficient (Wildman–Crippen LogP) is 4.21. The largest absolute Gasteiger partial charge is 0.477 e. The van der Waals surface area contributed by atoms with Crippen molar-refractivity contribution in [2.75, 3.05) is 17.7 Å². The first-order valence-corrected chi connectivity index (χ1v) is 11.9. The molecule has 4 aromatic heterocycles. The van der Waals surface area contributed by atoms with Gasteiger partial charge in [-0.05, 0) is 39.0 Å². The summed E-state index contributed by atoms with van der Waals surface area (Å²) in [5.41, 5.74) is 6.70. The lowest BCUT2D eigenvalue weighted by molar-refractivity contribution is 0.0778. The summed E-state index contributed by atoms with van der Waals surface area (Å²) in [6, 6.07) is 4.41. The fourth-order valence-electron chi connectivity index (χ4n) is 3.63. The van der Waals surface area contributed by atoms with Gasteiger partial charge in [-0.1, -0.05) is 11.6 Å². The molecule has 0 saturated heterocycles. The standard InChI is InChI=1S/C25H28ClFN8O2/c1-14(6-8-37-24-17(13-32-35(24)4)23-29-7-5-21(28)34-23)33-19-10-20(26)30-12-16(19)22-18(27)9-15(11-31-22)25(2,3)36/h5,7,9-14,36H,6,8H2,1-4H3,(H,30,33)(H2,28,29,34)/t14-/m0/s1. The summed E-state index contributed by atoms with van der Waals surface area (Å²) in [5.74, 6) is 0.722. The van der Waals surface area contributed by atoms with Crippen LogP contribution in [0.4, 0.5) is 15.9 Å². The lowest BCUT2D eigenvalue weighted by Gasteiger charge is -2.20. The van der Waals surface area contributed by atoms with E-state index in [0.717, 1.165) is 0 Å². The Morgan fingerprint density at radius 2 is 1.97 bits per heavy atom. The Morgan fingerprint density at radius 3 is 2.68 bits per heavy atom. The number of aliphatic hydroxyl groups is 1. The number of rotatable bonds is 9.